The first-order chi connectivity index (χ1) is 14.7. The lowest BCUT2D eigenvalue weighted by molar-refractivity contribution is -0.910. The molecule has 0 aromatic rings. The number of quaternary nitrogens is 1. The monoisotopic (exact) mass is 441 g/mol. The van der Waals surface area contributed by atoms with Crippen molar-refractivity contribution in [2.75, 3.05) is 46.4 Å². The second kappa shape index (κ2) is 16.8. The molecule has 0 radical (unpaired) electrons. The molecule has 0 bridgehead atoms. The molecule has 178 valence electrons. The van der Waals surface area contributed by atoms with Gasteiger partial charge in [-0.1, -0.05) is 96.8 Å². The average Bonchev–Trinajstić information content (AvgIpc) is 3.18. The van der Waals surface area contributed by atoms with E-state index in [1.54, 1.807) is 0 Å². The number of rotatable bonds is 18. The predicted octanol–water partition coefficient (Wildman–Crippen LogP) is 6.76. The highest BCUT2D eigenvalue weighted by Crippen LogP contribution is 2.32. The maximum Gasteiger partial charge on any atom is 0.103 e. The van der Waals surface area contributed by atoms with Gasteiger partial charge in [0.15, 0.2) is 0 Å². The number of ether oxygens (including phenoxy) is 1. The third-order valence-electron chi connectivity index (χ3n) is 7.16. The van der Waals surface area contributed by atoms with Crippen molar-refractivity contribution >= 4 is 11.8 Å². The van der Waals surface area contributed by atoms with Crippen LogP contribution < -0.4 is 5.32 Å². The summed E-state index contributed by atoms with van der Waals surface area (Å²) in [6.07, 6.45) is 22.9. The Morgan fingerprint density at radius 3 is 1.80 bits per heavy atom. The first-order valence-corrected chi connectivity index (χ1v) is 14.5. The van der Waals surface area contributed by atoms with Crippen molar-refractivity contribution < 1.29 is 9.22 Å². The molecule has 2 aliphatic heterocycles. The Bertz CT molecular complexity index is 400. The van der Waals surface area contributed by atoms with Gasteiger partial charge in [0.05, 0.1) is 38.5 Å². The van der Waals surface area contributed by atoms with Gasteiger partial charge in [-0.3, -0.25) is 0 Å². The Morgan fingerprint density at radius 2 is 1.27 bits per heavy atom. The van der Waals surface area contributed by atoms with E-state index in [2.05, 4.69) is 31.1 Å². The van der Waals surface area contributed by atoms with Gasteiger partial charge in [0.2, 0.25) is 0 Å². The van der Waals surface area contributed by atoms with Crippen LogP contribution in [0.4, 0.5) is 0 Å². The molecule has 2 fully saturated rings. The van der Waals surface area contributed by atoms with Crippen molar-refractivity contribution in [3.8, 4) is 0 Å². The molecule has 1 N–H and O–H groups in total. The van der Waals surface area contributed by atoms with Crippen LogP contribution in [0.3, 0.4) is 0 Å². The molecule has 0 saturated carbocycles. The normalized spacial score (nSPS) is 23.8. The van der Waals surface area contributed by atoms with E-state index >= 15 is 0 Å². The lowest BCUT2D eigenvalue weighted by Crippen LogP contribution is -2.58. The molecule has 2 atom stereocenters. The number of unbranched alkanes of at least 4 members (excludes halogenated alkanes) is 14. The summed E-state index contributed by atoms with van der Waals surface area (Å²) >= 11 is 2.13. The zero-order chi connectivity index (χ0) is 21.3. The maximum absolute atomic E-state index is 6.11. The molecular formula is C26H53N2OS+. The molecule has 30 heavy (non-hydrogen) atoms. The minimum atomic E-state index is 0.478. The SMILES string of the molecule is CCCCCCCCCCCCCCCCCC1OCC(C[N+]2(C)CCNCC2)S1. The Kier molecular flexibility index (Phi) is 14.8. The summed E-state index contributed by atoms with van der Waals surface area (Å²) in [7, 11) is 2.43. The minimum Gasteiger partial charge on any atom is -0.366 e. The summed E-state index contributed by atoms with van der Waals surface area (Å²) in [6, 6.07) is 0. The molecule has 2 aliphatic rings. The van der Waals surface area contributed by atoms with Crippen LogP contribution >= 0.6 is 11.8 Å². The fraction of sp³-hybridized carbons (Fsp3) is 1.00. The smallest absolute Gasteiger partial charge is 0.103 e. The first-order valence-electron chi connectivity index (χ1n) is 13.5. The van der Waals surface area contributed by atoms with Crippen molar-refractivity contribution in [1.82, 2.24) is 5.32 Å². The van der Waals surface area contributed by atoms with Gasteiger partial charge in [0, 0.05) is 13.1 Å². The van der Waals surface area contributed by atoms with Gasteiger partial charge in [0.1, 0.15) is 5.44 Å². The van der Waals surface area contributed by atoms with Gasteiger partial charge < -0.3 is 14.5 Å². The molecule has 2 saturated heterocycles. The van der Waals surface area contributed by atoms with Crippen LogP contribution in [-0.4, -0.2) is 61.5 Å². The Morgan fingerprint density at radius 1 is 0.767 bits per heavy atom. The van der Waals surface area contributed by atoms with E-state index < -0.39 is 0 Å². The van der Waals surface area contributed by atoms with E-state index in [9.17, 15) is 0 Å². The molecule has 0 aliphatic carbocycles. The zero-order valence-corrected chi connectivity index (χ0v) is 21.3. The van der Waals surface area contributed by atoms with Crippen LogP contribution in [0.25, 0.3) is 0 Å². The second-order valence-electron chi connectivity index (χ2n) is 10.3. The molecule has 2 unspecified atom stereocenters. The van der Waals surface area contributed by atoms with E-state index in [1.807, 2.05) is 0 Å². The van der Waals surface area contributed by atoms with Gasteiger partial charge in [-0.25, -0.2) is 0 Å². The van der Waals surface area contributed by atoms with E-state index in [0.29, 0.717) is 5.44 Å². The Hall–Kier alpha value is 0.230. The van der Waals surface area contributed by atoms with Gasteiger partial charge >= 0.3 is 0 Å². The van der Waals surface area contributed by atoms with Crippen LogP contribution in [-0.2, 0) is 4.74 Å². The Balaban J connectivity index is 1.32. The van der Waals surface area contributed by atoms with E-state index in [1.165, 1.54) is 140 Å². The largest absolute Gasteiger partial charge is 0.366 e. The standard InChI is InChI=1S/C26H53N2OS/c1-3-4-5-6-7-8-9-10-11-12-13-14-15-16-17-18-26-29-24-25(30-26)23-28(2)21-19-27-20-22-28/h25-27H,3-24H2,1-2H3/q+1. The summed E-state index contributed by atoms with van der Waals surface area (Å²) < 4.78 is 7.34. The molecule has 2 rings (SSSR count). The number of piperazine rings is 1. The summed E-state index contributed by atoms with van der Waals surface area (Å²) in [5, 5.41) is 4.21. The first kappa shape index (κ1) is 26.5. The molecule has 4 heteroatoms. The molecule has 2 heterocycles. The Labute approximate surface area is 193 Å². The number of thioether (sulfide) groups is 1. The highest BCUT2D eigenvalue weighted by molar-refractivity contribution is 8.00. The molecule has 0 aromatic heterocycles. The molecule has 3 nitrogen and oxygen atoms in total. The van der Waals surface area contributed by atoms with Crippen LogP contribution in [0, 0.1) is 0 Å². The maximum atomic E-state index is 6.11. The summed E-state index contributed by atoms with van der Waals surface area (Å²) in [5.41, 5.74) is 0.478. The summed E-state index contributed by atoms with van der Waals surface area (Å²) in [6.45, 7) is 9.49. The highest BCUT2D eigenvalue weighted by Gasteiger charge is 2.34. The van der Waals surface area contributed by atoms with Crippen molar-refractivity contribution in [2.24, 2.45) is 0 Å². The van der Waals surface area contributed by atoms with Gasteiger partial charge in [0.25, 0.3) is 0 Å². The van der Waals surface area contributed by atoms with Crippen molar-refractivity contribution in [3.05, 3.63) is 0 Å². The molecular weight excluding hydrogens is 388 g/mol. The predicted molar refractivity (Wildman–Crippen MR) is 134 cm³/mol. The lowest BCUT2D eigenvalue weighted by Gasteiger charge is -2.39. The van der Waals surface area contributed by atoms with Crippen molar-refractivity contribution in [3.63, 3.8) is 0 Å². The third kappa shape index (κ3) is 12.3. The average molecular weight is 442 g/mol. The van der Waals surface area contributed by atoms with Crippen LogP contribution in [0.2, 0.25) is 0 Å². The summed E-state index contributed by atoms with van der Waals surface area (Å²) in [5.74, 6) is 0. The summed E-state index contributed by atoms with van der Waals surface area (Å²) in [4.78, 5) is 0. The number of hydrogen-bond donors (Lipinski definition) is 1. The van der Waals surface area contributed by atoms with Gasteiger partial charge in [-0.05, 0) is 12.8 Å². The third-order valence-corrected chi connectivity index (χ3v) is 8.50. The van der Waals surface area contributed by atoms with E-state index in [4.69, 9.17) is 4.74 Å². The van der Waals surface area contributed by atoms with Crippen LogP contribution in [0.15, 0.2) is 0 Å². The minimum absolute atomic E-state index is 0.478. The van der Waals surface area contributed by atoms with Crippen LogP contribution in [0.1, 0.15) is 110 Å². The number of nitrogens with one attached hydrogen (secondary N) is 1. The van der Waals surface area contributed by atoms with E-state index in [0.717, 1.165) is 11.9 Å². The number of hydrogen-bond acceptors (Lipinski definition) is 3. The van der Waals surface area contributed by atoms with E-state index in [-0.39, 0.29) is 0 Å². The quantitative estimate of drug-likeness (QED) is 0.188. The zero-order valence-electron chi connectivity index (χ0n) is 20.5. The molecule has 0 amide bonds. The van der Waals surface area contributed by atoms with Crippen LogP contribution in [0.5, 0.6) is 0 Å². The number of nitrogens with zero attached hydrogens (tertiary/aromatic N) is 1. The highest BCUT2D eigenvalue weighted by atomic mass is 32.2. The second-order valence-corrected chi connectivity index (χ2v) is 11.7. The number of likely N-dealkylation sites (N-methyl/N-ethyl adjacent to an activating group) is 1. The molecule has 0 spiro atoms. The topological polar surface area (TPSA) is 21.3 Å². The fourth-order valence-electron chi connectivity index (χ4n) is 5.05. The fourth-order valence-corrected chi connectivity index (χ4v) is 6.54. The van der Waals surface area contributed by atoms with Gasteiger partial charge in [-0.15, -0.1) is 11.8 Å². The molecule has 0 aromatic carbocycles. The van der Waals surface area contributed by atoms with Crippen molar-refractivity contribution in [2.45, 2.75) is 120 Å². The lowest BCUT2D eigenvalue weighted by atomic mass is 10.0. The van der Waals surface area contributed by atoms with Gasteiger partial charge in [-0.2, -0.15) is 0 Å². The van der Waals surface area contributed by atoms with Crippen molar-refractivity contribution in [1.29, 1.82) is 0 Å².